The van der Waals surface area contributed by atoms with Crippen molar-refractivity contribution in [1.29, 1.82) is 0 Å². The van der Waals surface area contributed by atoms with Gasteiger partial charge in [-0.3, -0.25) is 4.79 Å². The topological polar surface area (TPSA) is 38.3 Å². The van der Waals surface area contributed by atoms with E-state index in [4.69, 9.17) is 4.74 Å². The van der Waals surface area contributed by atoms with Crippen molar-refractivity contribution in [2.75, 3.05) is 11.9 Å². The van der Waals surface area contributed by atoms with E-state index in [0.717, 1.165) is 11.3 Å². The summed E-state index contributed by atoms with van der Waals surface area (Å²) in [5, 5.41) is 2.68. The Morgan fingerprint density at radius 3 is 2.62 bits per heavy atom. The molecule has 4 heteroatoms. The molecule has 0 unspecified atom stereocenters. The van der Waals surface area contributed by atoms with Crippen molar-refractivity contribution >= 4 is 11.6 Å². The summed E-state index contributed by atoms with van der Waals surface area (Å²) in [5.74, 6) is 0.333. The van der Waals surface area contributed by atoms with E-state index in [2.05, 4.69) is 5.32 Å². The highest BCUT2D eigenvalue weighted by Gasteiger charge is 2.04. The molecule has 0 aliphatic rings. The lowest BCUT2D eigenvalue weighted by atomic mass is 10.1. The number of hydrogen-bond acceptors (Lipinski definition) is 2. The molecule has 0 aliphatic heterocycles. The molecule has 2 aromatic carbocycles. The summed E-state index contributed by atoms with van der Waals surface area (Å²) in [7, 11) is 0. The van der Waals surface area contributed by atoms with Crippen LogP contribution in [0.4, 0.5) is 10.1 Å². The maximum Gasteiger partial charge on any atom is 0.224 e. The number of benzene rings is 2. The zero-order valence-corrected chi connectivity index (χ0v) is 11.9. The first-order valence-corrected chi connectivity index (χ1v) is 6.94. The maximum atomic E-state index is 13.0. The third-order valence-corrected chi connectivity index (χ3v) is 2.98. The van der Waals surface area contributed by atoms with Gasteiger partial charge in [0.25, 0.3) is 0 Å². The Labute approximate surface area is 123 Å². The van der Waals surface area contributed by atoms with Gasteiger partial charge in [-0.15, -0.1) is 0 Å². The van der Waals surface area contributed by atoms with E-state index >= 15 is 0 Å². The van der Waals surface area contributed by atoms with E-state index in [0.29, 0.717) is 25.1 Å². The zero-order chi connectivity index (χ0) is 15.1. The number of anilines is 1. The molecule has 0 aliphatic carbocycles. The average Bonchev–Trinajstić information content (AvgIpc) is 2.47. The molecule has 0 spiro atoms. The number of carbonyl (C=O) groups is 1. The van der Waals surface area contributed by atoms with Gasteiger partial charge in [0.15, 0.2) is 0 Å². The van der Waals surface area contributed by atoms with Gasteiger partial charge < -0.3 is 10.1 Å². The first-order chi connectivity index (χ1) is 10.2. The number of hydrogen-bond donors (Lipinski definition) is 1. The number of aryl methyl sites for hydroxylation is 1. The molecule has 1 amide bonds. The Bertz CT molecular complexity index is 596. The van der Waals surface area contributed by atoms with Crippen molar-refractivity contribution in [2.45, 2.75) is 19.8 Å². The van der Waals surface area contributed by atoms with E-state index in [9.17, 15) is 9.18 Å². The van der Waals surface area contributed by atoms with Crippen LogP contribution in [0.25, 0.3) is 0 Å². The molecule has 0 heterocycles. The number of carbonyl (C=O) groups excluding carboxylic acids is 1. The van der Waals surface area contributed by atoms with Crippen LogP contribution in [0.2, 0.25) is 0 Å². The maximum absolute atomic E-state index is 13.0. The lowest BCUT2D eigenvalue weighted by molar-refractivity contribution is -0.116. The quantitative estimate of drug-likeness (QED) is 0.877. The molecule has 0 fully saturated rings. The van der Waals surface area contributed by atoms with Crippen LogP contribution in [-0.4, -0.2) is 12.5 Å². The second-order valence-corrected chi connectivity index (χ2v) is 4.64. The second kappa shape index (κ2) is 7.43. The molecule has 21 heavy (non-hydrogen) atoms. The van der Waals surface area contributed by atoms with Crippen molar-refractivity contribution in [2.24, 2.45) is 0 Å². The van der Waals surface area contributed by atoms with Gasteiger partial charge in [0.1, 0.15) is 11.6 Å². The van der Waals surface area contributed by atoms with Crippen LogP contribution in [0.1, 0.15) is 18.9 Å². The van der Waals surface area contributed by atoms with Gasteiger partial charge in [-0.25, -0.2) is 4.39 Å². The Morgan fingerprint density at radius 2 is 1.95 bits per heavy atom. The predicted octanol–water partition coefficient (Wildman–Crippen LogP) is 3.80. The highest BCUT2D eigenvalue weighted by molar-refractivity contribution is 5.90. The largest absolute Gasteiger partial charge is 0.494 e. The molecule has 1 N–H and O–H groups in total. The van der Waals surface area contributed by atoms with Gasteiger partial charge in [-0.1, -0.05) is 18.2 Å². The fraction of sp³-hybridized carbons (Fsp3) is 0.235. The lowest BCUT2D eigenvalue weighted by Crippen LogP contribution is -2.12. The van der Waals surface area contributed by atoms with Crippen molar-refractivity contribution in [3.05, 3.63) is 59.9 Å². The fourth-order valence-corrected chi connectivity index (χ4v) is 1.97. The first kappa shape index (κ1) is 15.0. The summed E-state index contributed by atoms with van der Waals surface area (Å²) >= 11 is 0. The number of ether oxygens (including phenoxy) is 1. The van der Waals surface area contributed by atoms with Crippen molar-refractivity contribution < 1.29 is 13.9 Å². The molecule has 0 atom stereocenters. The van der Waals surface area contributed by atoms with Crippen LogP contribution in [0.15, 0.2) is 48.5 Å². The Kier molecular flexibility index (Phi) is 5.32. The molecule has 0 radical (unpaired) electrons. The van der Waals surface area contributed by atoms with Crippen LogP contribution in [0.5, 0.6) is 5.75 Å². The Balaban J connectivity index is 1.83. The fourth-order valence-electron chi connectivity index (χ4n) is 1.97. The summed E-state index contributed by atoms with van der Waals surface area (Å²) in [6, 6.07) is 13.5. The van der Waals surface area contributed by atoms with Gasteiger partial charge >= 0.3 is 0 Å². The van der Waals surface area contributed by atoms with Crippen LogP contribution in [-0.2, 0) is 11.2 Å². The highest BCUT2D eigenvalue weighted by Crippen LogP contribution is 2.14. The summed E-state index contributed by atoms with van der Waals surface area (Å²) < 4.78 is 18.4. The van der Waals surface area contributed by atoms with Crippen molar-refractivity contribution in [3.8, 4) is 5.75 Å². The molecule has 0 saturated heterocycles. The Morgan fingerprint density at radius 1 is 1.19 bits per heavy atom. The highest BCUT2D eigenvalue weighted by atomic mass is 19.1. The molecule has 0 bridgehead atoms. The predicted molar refractivity (Wildman–Crippen MR) is 81.0 cm³/mol. The third kappa shape index (κ3) is 4.91. The zero-order valence-electron chi connectivity index (χ0n) is 11.9. The standard InChI is InChI=1S/C17H18FNO2/c1-2-21-16-9-6-13(7-10-16)8-11-17(20)19-15-5-3-4-14(18)12-15/h3-7,9-10,12H,2,8,11H2,1H3,(H,19,20). The van der Waals surface area contributed by atoms with E-state index < -0.39 is 0 Å². The van der Waals surface area contributed by atoms with Crippen LogP contribution < -0.4 is 10.1 Å². The van der Waals surface area contributed by atoms with E-state index in [1.807, 2.05) is 31.2 Å². The van der Waals surface area contributed by atoms with E-state index in [1.54, 1.807) is 12.1 Å². The third-order valence-electron chi connectivity index (χ3n) is 2.98. The number of halogens is 1. The lowest BCUT2D eigenvalue weighted by Gasteiger charge is -2.06. The minimum absolute atomic E-state index is 0.130. The minimum Gasteiger partial charge on any atom is -0.494 e. The van der Waals surface area contributed by atoms with Crippen LogP contribution >= 0.6 is 0 Å². The number of amides is 1. The van der Waals surface area contributed by atoms with Gasteiger partial charge in [-0.2, -0.15) is 0 Å². The smallest absolute Gasteiger partial charge is 0.224 e. The summed E-state index contributed by atoms with van der Waals surface area (Å²) in [6.07, 6.45) is 0.984. The SMILES string of the molecule is CCOc1ccc(CCC(=O)Nc2cccc(F)c2)cc1. The normalized spacial score (nSPS) is 10.2. The molecular formula is C17H18FNO2. The first-order valence-electron chi connectivity index (χ1n) is 6.94. The van der Waals surface area contributed by atoms with Crippen LogP contribution in [0.3, 0.4) is 0 Å². The van der Waals surface area contributed by atoms with Gasteiger partial charge in [-0.05, 0) is 49.2 Å². The number of rotatable bonds is 6. The van der Waals surface area contributed by atoms with Crippen molar-refractivity contribution in [1.82, 2.24) is 0 Å². The summed E-state index contributed by atoms with van der Waals surface area (Å²) in [5.41, 5.74) is 1.54. The number of nitrogens with one attached hydrogen (secondary N) is 1. The molecule has 2 aromatic rings. The average molecular weight is 287 g/mol. The summed E-state index contributed by atoms with van der Waals surface area (Å²) in [6.45, 7) is 2.57. The Hall–Kier alpha value is -2.36. The monoisotopic (exact) mass is 287 g/mol. The second-order valence-electron chi connectivity index (χ2n) is 4.64. The van der Waals surface area contributed by atoms with Gasteiger partial charge in [0, 0.05) is 12.1 Å². The molecule has 0 saturated carbocycles. The van der Waals surface area contributed by atoms with E-state index in [-0.39, 0.29) is 11.7 Å². The van der Waals surface area contributed by atoms with E-state index in [1.165, 1.54) is 12.1 Å². The van der Waals surface area contributed by atoms with Gasteiger partial charge in [0.05, 0.1) is 6.61 Å². The molecule has 3 nitrogen and oxygen atoms in total. The molecule has 2 rings (SSSR count). The molecule has 0 aromatic heterocycles. The van der Waals surface area contributed by atoms with Crippen molar-refractivity contribution in [3.63, 3.8) is 0 Å². The van der Waals surface area contributed by atoms with Gasteiger partial charge in [0.2, 0.25) is 5.91 Å². The molecular weight excluding hydrogens is 269 g/mol. The summed E-state index contributed by atoms with van der Waals surface area (Å²) in [4.78, 5) is 11.8. The van der Waals surface area contributed by atoms with Crippen LogP contribution in [0, 0.1) is 5.82 Å². The minimum atomic E-state index is -0.362. The molecule has 110 valence electrons.